The van der Waals surface area contributed by atoms with Crippen LogP contribution in [0.3, 0.4) is 0 Å². The molecule has 3 heterocycles. The molecule has 0 atom stereocenters. The van der Waals surface area contributed by atoms with Gasteiger partial charge in [-0.1, -0.05) is 18.2 Å². The van der Waals surface area contributed by atoms with Crippen molar-refractivity contribution >= 4 is 24.0 Å². The van der Waals surface area contributed by atoms with Gasteiger partial charge in [-0.3, -0.25) is 4.79 Å². The van der Waals surface area contributed by atoms with Crippen LogP contribution in [0.15, 0.2) is 35.6 Å². The monoisotopic (exact) mass is 527 g/mol. The molecule has 0 aliphatic carbocycles. The smallest absolute Gasteiger partial charge is 0.437 e. The van der Waals surface area contributed by atoms with Gasteiger partial charge in [0.25, 0.3) is 0 Å². The number of benzene rings is 1. The SMILES string of the molecule is CCOC(=O)C1CCN(C2CCN(c3ncc(-c4cccc(COC(=O)N=C(N)N)c4F)cn3)CC2)CC1. The lowest BCUT2D eigenvalue weighted by molar-refractivity contribution is -0.149. The molecule has 0 bridgehead atoms. The standard InChI is InChI=1S/C26H34FN7O4/c1-2-37-23(35)17-6-10-33(11-7-17)20-8-12-34(13-9-20)25-30-14-19(15-31-25)21-5-3-4-18(22(21)27)16-38-26(36)32-24(28)29/h3-5,14-15,17,20H,2,6-13,16H2,1H3,(H4,28,29,32,36). The number of carbonyl (C=O) groups is 2. The highest BCUT2D eigenvalue weighted by atomic mass is 19.1. The van der Waals surface area contributed by atoms with Crippen molar-refractivity contribution < 1.29 is 23.5 Å². The molecule has 1 aromatic heterocycles. The van der Waals surface area contributed by atoms with Crippen LogP contribution in [-0.4, -0.2) is 71.7 Å². The molecular formula is C26H34FN7O4. The van der Waals surface area contributed by atoms with Crippen molar-refractivity contribution in [1.82, 2.24) is 14.9 Å². The molecule has 1 aromatic carbocycles. The third-order valence-electron chi connectivity index (χ3n) is 7.01. The Kier molecular flexibility index (Phi) is 9.06. The van der Waals surface area contributed by atoms with Crippen molar-refractivity contribution in [2.45, 2.75) is 45.3 Å². The zero-order valence-electron chi connectivity index (χ0n) is 21.5. The molecule has 0 unspecified atom stereocenters. The first-order chi connectivity index (χ1) is 18.4. The maximum absolute atomic E-state index is 15.1. The van der Waals surface area contributed by atoms with Gasteiger partial charge < -0.3 is 30.7 Å². The van der Waals surface area contributed by atoms with Crippen LogP contribution in [0, 0.1) is 11.7 Å². The Balaban J connectivity index is 1.31. The molecule has 2 aliphatic rings. The van der Waals surface area contributed by atoms with E-state index in [4.69, 9.17) is 20.9 Å². The number of aromatic nitrogens is 2. The Labute approximate surface area is 221 Å². The number of rotatable bonds is 7. The number of likely N-dealkylation sites (tertiary alicyclic amines) is 1. The van der Waals surface area contributed by atoms with Crippen LogP contribution in [-0.2, 0) is 20.9 Å². The minimum Gasteiger partial charge on any atom is -0.466 e. The van der Waals surface area contributed by atoms with Gasteiger partial charge in [0.2, 0.25) is 5.95 Å². The number of carbonyl (C=O) groups excluding carboxylic acids is 2. The molecule has 0 radical (unpaired) electrons. The topological polar surface area (TPSA) is 149 Å². The number of anilines is 1. The highest BCUT2D eigenvalue weighted by Crippen LogP contribution is 2.28. The third kappa shape index (κ3) is 6.74. The molecule has 2 saturated heterocycles. The summed E-state index contributed by atoms with van der Waals surface area (Å²) in [5.74, 6) is -0.407. The van der Waals surface area contributed by atoms with E-state index in [0.29, 0.717) is 29.7 Å². The first kappa shape index (κ1) is 27.2. The van der Waals surface area contributed by atoms with Crippen molar-refractivity contribution in [3.8, 4) is 11.1 Å². The molecule has 2 aromatic rings. The summed E-state index contributed by atoms with van der Waals surface area (Å²) >= 11 is 0. The van der Waals surface area contributed by atoms with Crippen LogP contribution >= 0.6 is 0 Å². The Hall–Kier alpha value is -3.80. The fourth-order valence-corrected chi connectivity index (χ4v) is 5.01. The highest BCUT2D eigenvalue weighted by molar-refractivity contribution is 5.87. The Morgan fingerprint density at radius 1 is 1.05 bits per heavy atom. The van der Waals surface area contributed by atoms with Gasteiger partial charge >= 0.3 is 12.1 Å². The molecular weight excluding hydrogens is 493 g/mol. The number of esters is 1. The van der Waals surface area contributed by atoms with Crippen LogP contribution in [0.5, 0.6) is 0 Å². The van der Waals surface area contributed by atoms with E-state index in [2.05, 4.69) is 24.8 Å². The number of halogens is 1. The molecule has 38 heavy (non-hydrogen) atoms. The van der Waals surface area contributed by atoms with Crippen LogP contribution in [0.2, 0.25) is 0 Å². The number of hydrogen-bond acceptors (Lipinski definition) is 8. The quantitative estimate of drug-likeness (QED) is 0.312. The summed E-state index contributed by atoms with van der Waals surface area (Å²) in [4.78, 5) is 40.4. The molecule has 2 aliphatic heterocycles. The second-order valence-electron chi connectivity index (χ2n) is 9.42. The van der Waals surface area contributed by atoms with Crippen molar-refractivity contribution in [3.63, 3.8) is 0 Å². The number of amides is 1. The van der Waals surface area contributed by atoms with E-state index in [1.807, 2.05) is 6.92 Å². The van der Waals surface area contributed by atoms with E-state index in [9.17, 15) is 9.59 Å². The Bertz CT molecular complexity index is 1140. The summed E-state index contributed by atoms with van der Waals surface area (Å²) in [5.41, 5.74) is 11.3. The van der Waals surface area contributed by atoms with Crippen molar-refractivity contribution in [2.75, 3.05) is 37.7 Å². The number of ether oxygens (including phenoxy) is 2. The van der Waals surface area contributed by atoms with Crippen LogP contribution in [0.25, 0.3) is 11.1 Å². The summed E-state index contributed by atoms with van der Waals surface area (Å²) < 4.78 is 25.2. The average molecular weight is 528 g/mol. The van der Waals surface area contributed by atoms with Crippen LogP contribution in [0.4, 0.5) is 15.1 Å². The molecule has 4 N–H and O–H groups in total. The number of guanidine groups is 1. The van der Waals surface area contributed by atoms with E-state index >= 15 is 4.39 Å². The number of nitrogens with zero attached hydrogens (tertiary/aromatic N) is 5. The first-order valence-corrected chi connectivity index (χ1v) is 12.9. The molecule has 204 valence electrons. The number of nitrogens with two attached hydrogens (primary N) is 2. The van der Waals surface area contributed by atoms with Gasteiger partial charge in [0.1, 0.15) is 12.4 Å². The normalized spacial score (nSPS) is 17.2. The summed E-state index contributed by atoms with van der Waals surface area (Å²) in [6, 6.07) is 5.27. The minimum atomic E-state index is -0.993. The molecule has 11 nitrogen and oxygen atoms in total. The summed E-state index contributed by atoms with van der Waals surface area (Å²) in [7, 11) is 0. The van der Waals surface area contributed by atoms with Gasteiger partial charge in [0.05, 0.1) is 12.5 Å². The van der Waals surface area contributed by atoms with Crippen LogP contribution < -0.4 is 16.4 Å². The largest absolute Gasteiger partial charge is 0.466 e. The molecule has 1 amide bonds. The predicted octanol–water partition coefficient (Wildman–Crippen LogP) is 2.44. The van der Waals surface area contributed by atoms with Crippen molar-refractivity contribution in [1.29, 1.82) is 0 Å². The van der Waals surface area contributed by atoms with E-state index in [1.54, 1.807) is 24.5 Å². The van der Waals surface area contributed by atoms with Gasteiger partial charge in [-0.2, -0.15) is 0 Å². The Morgan fingerprint density at radius 3 is 2.37 bits per heavy atom. The zero-order chi connectivity index (χ0) is 27.1. The lowest BCUT2D eigenvalue weighted by Crippen LogP contribution is -2.48. The maximum Gasteiger partial charge on any atom is 0.437 e. The second-order valence-corrected chi connectivity index (χ2v) is 9.42. The number of hydrogen-bond donors (Lipinski definition) is 2. The minimum absolute atomic E-state index is 0.0171. The molecule has 4 rings (SSSR count). The lowest BCUT2D eigenvalue weighted by atomic mass is 9.93. The van der Waals surface area contributed by atoms with Gasteiger partial charge in [0.15, 0.2) is 5.96 Å². The molecule has 2 fully saturated rings. The van der Waals surface area contributed by atoms with Gasteiger partial charge in [-0.25, -0.2) is 19.2 Å². The zero-order valence-corrected chi connectivity index (χ0v) is 21.5. The number of piperidine rings is 2. The predicted molar refractivity (Wildman–Crippen MR) is 140 cm³/mol. The van der Waals surface area contributed by atoms with Crippen LogP contribution in [0.1, 0.15) is 38.2 Å². The van der Waals surface area contributed by atoms with E-state index in [0.717, 1.165) is 51.9 Å². The maximum atomic E-state index is 15.1. The summed E-state index contributed by atoms with van der Waals surface area (Å²) in [6.45, 7) is 5.44. The lowest BCUT2D eigenvalue weighted by Gasteiger charge is -2.41. The molecule has 0 spiro atoms. The van der Waals surface area contributed by atoms with E-state index < -0.39 is 17.9 Å². The second kappa shape index (κ2) is 12.6. The first-order valence-electron chi connectivity index (χ1n) is 12.9. The van der Waals surface area contributed by atoms with Gasteiger partial charge in [-0.15, -0.1) is 4.99 Å². The van der Waals surface area contributed by atoms with E-state index in [-0.39, 0.29) is 24.1 Å². The average Bonchev–Trinajstić information content (AvgIpc) is 2.93. The van der Waals surface area contributed by atoms with E-state index in [1.165, 1.54) is 6.07 Å². The van der Waals surface area contributed by atoms with Crippen molar-refractivity contribution in [2.24, 2.45) is 22.4 Å². The number of aliphatic imine (C=N–C) groups is 1. The molecule has 0 saturated carbocycles. The summed E-state index contributed by atoms with van der Waals surface area (Å²) in [6.07, 6.45) is 5.88. The van der Waals surface area contributed by atoms with Crippen molar-refractivity contribution in [3.05, 3.63) is 42.0 Å². The third-order valence-corrected chi connectivity index (χ3v) is 7.01. The Morgan fingerprint density at radius 2 is 1.74 bits per heavy atom. The van der Waals surface area contributed by atoms with Gasteiger partial charge in [-0.05, 0) is 45.7 Å². The highest BCUT2D eigenvalue weighted by Gasteiger charge is 2.31. The van der Waals surface area contributed by atoms with Gasteiger partial charge in [0, 0.05) is 48.2 Å². The fraction of sp³-hybridized carbons (Fsp3) is 0.500. The fourth-order valence-electron chi connectivity index (χ4n) is 5.01. The summed E-state index contributed by atoms with van der Waals surface area (Å²) in [5, 5.41) is 0. The molecule has 12 heteroatoms.